The lowest BCUT2D eigenvalue weighted by Gasteiger charge is -2.45. The van der Waals surface area contributed by atoms with E-state index in [2.05, 4.69) is 13.8 Å². The molecule has 2 N–H and O–H groups in total. The SMILES string of the molecule is CC1CCC(C2CCC2CN)CC1C. The summed E-state index contributed by atoms with van der Waals surface area (Å²) in [5.74, 6) is 4.80. The fourth-order valence-corrected chi connectivity index (χ4v) is 3.49. The first-order chi connectivity index (χ1) is 6.72. The van der Waals surface area contributed by atoms with Crippen molar-refractivity contribution < 1.29 is 0 Å². The van der Waals surface area contributed by atoms with Crippen LogP contribution in [-0.4, -0.2) is 6.54 Å². The van der Waals surface area contributed by atoms with Gasteiger partial charge in [0, 0.05) is 0 Å². The van der Waals surface area contributed by atoms with Crippen LogP contribution in [0, 0.1) is 29.6 Å². The molecule has 0 aromatic rings. The second-order valence-corrected chi connectivity index (χ2v) is 5.76. The van der Waals surface area contributed by atoms with Crippen molar-refractivity contribution in [3.8, 4) is 0 Å². The Bertz CT molecular complexity index is 188. The fourth-order valence-electron chi connectivity index (χ4n) is 3.49. The van der Waals surface area contributed by atoms with Crippen LogP contribution >= 0.6 is 0 Å². The van der Waals surface area contributed by atoms with E-state index < -0.39 is 0 Å². The molecule has 0 saturated heterocycles. The minimum Gasteiger partial charge on any atom is -0.330 e. The van der Waals surface area contributed by atoms with Crippen molar-refractivity contribution in [2.75, 3.05) is 6.54 Å². The van der Waals surface area contributed by atoms with Gasteiger partial charge in [-0.25, -0.2) is 0 Å². The minimum atomic E-state index is 0.876. The molecular formula is C13H25N. The van der Waals surface area contributed by atoms with E-state index in [1.54, 1.807) is 0 Å². The summed E-state index contributed by atoms with van der Waals surface area (Å²) in [6, 6.07) is 0. The average molecular weight is 195 g/mol. The van der Waals surface area contributed by atoms with Crippen LogP contribution < -0.4 is 5.73 Å². The maximum absolute atomic E-state index is 5.79. The molecule has 14 heavy (non-hydrogen) atoms. The third kappa shape index (κ3) is 1.84. The minimum absolute atomic E-state index is 0.876. The Morgan fingerprint density at radius 3 is 2.29 bits per heavy atom. The molecule has 0 radical (unpaired) electrons. The summed E-state index contributed by atoms with van der Waals surface area (Å²) in [4.78, 5) is 0. The van der Waals surface area contributed by atoms with Gasteiger partial charge in [0.15, 0.2) is 0 Å². The standard InChI is InChI=1S/C13H25N/c1-9-3-4-11(7-10(9)2)13-6-5-12(13)8-14/h9-13H,3-8,14H2,1-2H3. The lowest BCUT2D eigenvalue weighted by molar-refractivity contribution is 0.0552. The maximum atomic E-state index is 5.79. The summed E-state index contributed by atoms with van der Waals surface area (Å²) in [7, 11) is 0. The lowest BCUT2D eigenvalue weighted by Crippen LogP contribution is -2.39. The molecule has 5 atom stereocenters. The topological polar surface area (TPSA) is 26.0 Å². The monoisotopic (exact) mass is 195 g/mol. The molecule has 2 rings (SSSR count). The first-order valence-corrected chi connectivity index (χ1v) is 6.42. The van der Waals surface area contributed by atoms with Gasteiger partial charge in [-0.15, -0.1) is 0 Å². The first-order valence-electron chi connectivity index (χ1n) is 6.42. The molecule has 0 aromatic carbocycles. The molecule has 0 heterocycles. The zero-order valence-electron chi connectivity index (χ0n) is 9.71. The highest BCUT2D eigenvalue weighted by molar-refractivity contribution is 4.89. The largest absolute Gasteiger partial charge is 0.330 e. The van der Waals surface area contributed by atoms with Gasteiger partial charge in [-0.3, -0.25) is 0 Å². The zero-order valence-corrected chi connectivity index (χ0v) is 9.71. The van der Waals surface area contributed by atoms with E-state index in [1.165, 1.54) is 32.1 Å². The van der Waals surface area contributed by atoms with Gasteiger partial charge in [0.1, 0.15) is 0 Å². The van der Waals surface area contributed by atoms with Crippen LogP contribution in [0.2, 0.25) is 0 Å². The van der Waals surface area contributed by atoms with E-state index in [1.807, 2.05) is 0 Å². The molecule has 1 nitrogen and oxygen atoms in total. The third-order valence-electron chi connectivity index (χ3n) is 5.02. The zero-order chi connectivity index (χ0) is 10.1. The van der Waals surface area contributed by atoms with Crippen molar-refractivity contribution in [3.63, 3.8) is 0 Å². The summed E-state index contributed by atoms with van der Waals surface area (Å²) in [6.45, 7) is 5.79. The van der Waals surface area contributed by atoms with E-state index in [4.69, 9.17) is 5.73 Å². The molecule has 2 fully saturated rings. The number of nitrogens with two attached hydrogens (primary N) is 1. The molecular weight excluding hydrogens is 170 g/mol. The maximum Gasteiger partial charge on any atom is -0.00461 e. The van der Waals surface area contributed by atoms with Crippen molar-refractivity contribution in [3.05, 3.63) is 0 Å². The summed E-state index contributed by atoms with van der Waals surface area (Å²) in [5, 5.41) is 0. The van der Waals surface area contributed by atoms with Gasteiger partial charge < -0.3 is 5.73 Å². The summed E-state index contributed by atoms with van der Waals surface area (Å²) >= 11 is 0. The molecule has 0 spiro atoms. The van der Waals surface area contributed by atoms with Crippen molar-refractivity contribution in [2.45, 2.75) is 46.0 Å². The quantitative estimate of drug-likeness (QED) is 0.720. The lowest BCUT2D eigenvalue weighted by atomic mass is 9.61. The van der Waals surface area contributed by atoms with E-state index in [-0.39, 0.29) is 0 Å². The Balaban J connectivity index is 1.87. The normalized spacial score (nSPS) is 48.6. The molecule has 2 aliphatic rings. The van der Waals surface area contributed by atoms with Crippen LogP contribution in [0.5, 0.6) is 0 Å². The van der Waals surface area contributed by atoms with E-state index in [9.17, 15) is 0 Å². The highest BCUT2D eigenvalue weighted by atomic mass is 14.6. The Labute approximate surface area is 88.4 Å². The number of rotatable bonds is 2. The number of hydrogen-bond acceptors (Lipinski definition) is 1. The van der Waals surface area contributed by atoms with E-state index in [0.29, 0.717) is 0 Å². The highest BCUT2D eigenvalue weighted by Gasteiger charge is 2.38. The van der Waals surface area contributed by atoms with E-state index >= 15 is 0 Å². The van der Waals surface area contributed by atoms with Gasteiger partial charge in [0.05, 0.1) is 0 Å². The summed E-state index contributed by atoms with van der Waals surface area (Å²) in [6.07, 6.45) is 7.28. The van der Waals surface area contributed by atoms with Gasteiger partial charge in [-0.1, -0.05) is 20.3 Å². The molecule has 0 aliphatic heterocycles. The van der Waals surface area contributed by atoms with Crippen molar-refractivity contribution in [1.29, 1.82) is 0 Å². The molecule has 5 unspecified atom stereocenters. The molecule has 0 amide bonds. The Morgan fingerprint density at radius 1 is 1.00 bits per heavy atom. The number of hydrogen-bond donors (Lipinski definition) is 1. The van der Waals surface area contributed by atoms with Crippen LogP contribution in [0.4, 0.5) is 0 Å². The Hall–Kier alpha value is -0.0400. The van der Waals surface area contributed by atoms with E-state index in [0.717, 1.165) is 36.1 Å². The second-order valence-electron chi connectivity index (χ2n) is 5.76. The molecule has 2 aliphatic carbocycles. The molecule has 0 aromatic heterocycles. The van der Waals surface area contributed by atoms with Crippen LogP contribution in [0.25, 0.3) is 0 Å². The Kier molecular flexibility index (Phi) is 3.16. The average Bonchev–Trinajstić information content (AvgIpc) is 2.10. The molecule has 82 valence electrons. The van der Waals surface area contributed by atoms with Crippen molar-refractivity contribution in [1.82, 2.24) is 0 Å². The smallest absolute Gasteiger partial charge is 0.00461 e. The van der Waals surface area contributed by atoms with Gasteiger partial charge >= 0.3 is 0 Å². The van der Waals surface area contributed by atoms with Crippen LogP contribution in [-0.2, 0) is 0 Å². The van der Waals surface area contributed by atoms with Crippen LogP contribution in [0.15, 0.2) is 0 Å². The molecule has 1 heteroatoms. The first kappa shape index (κ1) is 10.5. The van der Waals surface area contributed by atoms with Crippen LogP contribution in [0.3, 0.4) is 0 Å². The summed E-state index contributed by atoms with van der Waals surface area (Å²) < 4.78 is 0. The molecule has 0 bridgehead atoms. The Morgan fingerprint density at radius 2 is 1.79 bits per heavy atom. The predicted octanol–water partition coefficient (Wildman–Crippen LogP) is 3.04. The summed E-state index contributed by atoms with van der Waals surface area (Å²) in [5.41, 5.74) is 5.79. The third-order valence-corrected chi connectivity index (χ3v) is 5.02. The molecule has 2 saturated carbocycles. The van der Waals surface area contributed by atoms with Gasteiger partial charge in [-0.05, 0) is 61.8 Å². The van der Waals surface area contributed by atoms with Gasteiger partial charge in [0.2, 0.25) is 0 Å². The van der Waals surface area contributed by atoms with Crippen LogP contribution in [0.1, 0.15) is 46.0 Å². The fraction of sp³-hybridized carbons (Fsp3) is 1.00. The predicted molar refractivity (Wildman–Crippen MR) is 60.9 cm³/mol. The van der Waals surface area contributed by atoms with Crippen molar-refractivity contribution in [2.24, 2.45) is 35.3 Å². The van der Waals surface area contributed by atoms with Gasteiger partial charge in [-0.2, -0.15) is 0 Å². The van der Waals surface area contributed by atoms with Crippen molar-refractivity contribution >= 4 is 0 Å². The highest BCUT2D eigenvalue weighted by Crippen LogP contribution is 2.47. The second kappa shape index (κ2) is 4.22. The van der Waals surface area contributed by atoms with Gasteiger partial charge in [0.25, 0.3) is 0 Å².